The largest absolute Gasteiger partial charge is 0.497 e. The summed E-state index contributed by atoms with van der Waals surface area (Å²) in [5.41, 5.74) is 4.59. The lowest BCUT2D eigenvalue weighted by molar-refractivity contribution is -0.159. The van der Waals surface area contributed by atoms with E-state index in [1.54, 1.807) is 12.1 Å². The maximum Gasteiger partial charge on any atom is 0.349 e. The Bertz CT molecular complexity index is 1860. The minimum atomic E-state index is -2.37. The summed E-state index contributed by atoms with van der Waals surface area (Å²) in [5, 5.41) is 13.1. The average Bonchev–Trinajstić information content (AvgIpc) is 3.12. The van der Waals surface area contributed by atoms with Gasteiger partial charge in [-0.25, -0.2) is 14.4 Å². The third-order valence-electron chi connectivity index (χ3n) is 6.67. The Labute approximate surface area is 283 Å². The summed E-state index contributed by atoms with van der Waals surface area (Å²) in [4.78, 5) is 76.9. The van der Waals surface area contributed by atoms with E-state index < -0.39 is 47.8 Å². The smallest absolute Gasteiger partial charge is 0.349 e. The van der Waals surface area contributed by atoms with Gasteiger partial charge in [0.25, 0.3) is 17.7 Å². The Hall–Kier alpha value is -6.41. The monoisotopic (exact) mass is 689 g/mol. The zero-order valence-electron chi connectivity index (χ0n) is 25.8. The average molecular weight is 690 g/mol. The minimum Gasteiger partial charge on any atom is -0.497 e. The fraction of sp³-hybridized carbons (Fsp3) is 0.118. The molecular formula is C34H28ClN3O11. The van der Waals surface area contributed by atoms with Crippen molar-refractivity contribution in [3.63, 3.8) is 0 Å². The van der Waals surface area contributed by atoms with Gasteiger partial charge >= 0.3 is 17.9 Å². The molecule has 0 unspecified atom stereocenters. The molecule has 2 atom stereocenters. The molecule has 0 aliphatic heterocycles. The Balaban J connectivity index is 1.49. The van der Waals surface area contributed by atoms with Crippen LogP contribution in [0.25, 0.3) is 0 Å². The standard InChI is InChI=1S/C34H28ClN3O11/c1-46-25-7-3-5-21(17-25)33(44)48-27(28(32(42)43)49-34(45)22-6-4-8-26(18-22)47-2)31(41)38-37-30(40)20-11-15-24(16-12-20)36-29(39)19-9-13-23(35)14-10-19/h3-18,27-28H,1-2H3,(H,36,39)(H,37,40)(H,38,41)(H,42,43)/t27-,28-/m0/s1. The molecule has 4 aromatic carbocycles. The molecule has 14 nitrogen and oxygen atoms in total. The predicted molar refractivity (Wildman–Crippen MR) is 173 cm³/mol. The molecule has 4 N–H and O–H groups in total. The van der Waals surface area contributed by atoms with Gasteiger partial charge in [-0.15, -0.1) is 0 Å². The summed E-state index contributed by atoms with van der Waals surface area (Å²) in [7, 11) is 2.71. The molecule has 4 rings (SSSR count). The number of hydrazine groups is 1. The number of carboxylic acids is 1. The number of amides is 3. The van der Waals surface area contributed by atoms with E-state index >= 15 is 0 Å². The van der Waals surface area contributed by atoms with Gasteiger partial charge in [-0.1, -0.05) is 23.7 Å². The van der Waals surface area contributed by atoms with Crippen LogP contribution in [0.1, 0.15) is 41.4 Å². The molecule has 0 spiro atoms. The van der Waals surface area contributed by atoms with Crippen LogP contribution in [-0.4, -0.2) is 67.2 Å². The quantitative estimate of drug-likeness (QED) is 0.124. The number of anilines is 1. The summed E-state index contributed by atoms with van der Waals surface area (Å²) in [6.07, 6.45) is -4.66. The van der Waals surface area contributed by atoms with E-state index in [1.807, 2.05) is 5.43 Å². The lowest BCUT2D eigenvalue weighted by Crippen LogP contribution is -2.54. The van der Waals surface area contributed by atoms with Crippen molar-refractivity contribution < 1.29 is 52.8 Å². The molecule has 0 saturated heterocycles. The highest BCUT2D eigenvalue weighted by Gasteiger charge is 2.41. The molecule has 0 aromatic heterocycles. The van der Waals surface area contributed by atoms with Gasteiger partial charge in [0.05, 0.1) is 25.3 Å². The lowest BCUT2D eigenvalue weighted by atomic mass is 10.1. The van der Waals surface area contributed by atoms with Gasteiger partial charge in [0.1, 0.15) is 11.5 Å². The second-order valence-corrected chi connectivity index (χ2v) is 10.4. The SMILES string of the molecule is COc1cccc(C(=O)O[C@H](C(=O)O)[C@H](OC(=O)c2cccc(OC)c2)C(=O)NNC(=O)c2ccc(NC(=O)c3ccc(Cl)cc3)cc2)c1. The van der Waals surface area contributed by atoms with Gasteiger partial charge in [-0.3, -0.25) is 25.2 Å². The number of carbonyl (C=O) groups excluding carboxylic acids is 5. The van der Waals surface area contributed by atoms with Crippen molar-refractivity contribution in [3.8, 4) is 11.5 Å². The Morgan fingerprint density at radius 3 is 1.61 bits per heavy atom. The van der Waals surface area contributed by atoms with Gasteiger partial charge in [0.15, 0.2) is 0 Å². The second kappa shape index (κ2) is 16.4. The van der Waals surface area contributed by atoms with Crippen LogP contribution in [0.5, 0.6) is 11.5 Å². The van der Waals surface area contributed by atoms with Crippen LogP contribution in [0, 0.1) is 0 Å². The van der Waals surface area contributed by atoms with Gasteiger partial charge < -0.3 is 29.4 Å². The number of carbonyl (C=O) groups is 6. The molecule has 0 saturated carbocycles. The van der Waals surface area contributed by atoms with Crippen molar-refractivity contribution in [2.75, 3.05) is 19.5 Å². The lowest BCUT2D eigenvalue weighted by Gasteiger charge is -2.23. The van der Waals surface area contributed by atoms with E-state index in [2.05, 4.69) is 10.7 Å². The van der Waals surface area contributed by atoms with E-state index in [-0.39, 0.29) is 28.2 Å². The number of hydrogen-bond acceptors (Lipinski definition) is 10. The number of methoxy groups -OCH3 is 2. The number of rotatable bonds is 12. The highest BCUT2D eigenvalue weighted by molar-refractivity contribution is 6.30. The Kier molecular flexibility index (Phi) is 11.9. The van der Waals surface area contributed by atoms with E-state index in [9.17, 15) is 33.9 Å². The summed E-state index contributed by atoms with van der Waals surface area (Å²) < 4.78 is 20.5. The summed E-state index contributed by atoms with van der Waals surface area (Å²) in [5.74, 6) is -6.27. The Morgan fingerprint density at radius 2 is 1.10 bits per heavy atom. The molecule has 0 aliphatic rings. The fourth-order valence-corrected chi connectivity index (χ4v) is 4.26. The fourth-order valence-electron chi connectivity index (χ4n) is 4.13. The maximum atomic E-state index is 13.3. The maximum absolute atomic E-state index is 13.3. The first-order chi connectivity index (χ1) is 23.5. The van der Waals surface area contributed by atoms with Crippen LogP contribution in [0.2, 0.25) is 5.02 Å². The number of esters is 2. The molecule has 3 amide bonds. The van der Waals surface area contributed by atoms with E-state index in [0.29, 0.717) is 16.3 Å². The number of benzene rings is 4. The van der Waals surface area contributed by atoms with Crippen molar-refractivity contribution in [2.24, 2.45) is 0 Å². The molecule has 0 aliphatic carbocycles. The number of nitrogens with one attached hydrogen (secondary N) is 3. The molecular weight excluding hydrogens is 662 g/mol. The van der Waals surface area contributed by atoms with Gasteiger partial charge in [0.2, 0.25) is 12.2 Å². The molecule has 0 radical (unpaired) electrons. The molecule has 252 valence electrons. The summed E-state index contributed by atoms with van der Waals surface area (Å²) >= 11 is 5.85. The van der Waals surface area contributed by atoms with Crippen molar-refractivity contribution in [2.45, 2.75) is 12.2 Å². The Morgan fingerprint density at radius 1 is 0.612 bits per heavy atom. The van der Waals surface area contributed by atoms with Crippen molar-refractivity contribution in [1.82, 2.24) is 10.9 Å². The molecule has 15 heteroatoms. The van der Waals surface area contributed by atoms with Gasteiger partial charge in [-0.2, -0.15) is 0 Å². The number of aliphatic carboxylic acids is 1. The third-order valence-corrected chi connectivity index (χ3v) is 6.92. The zero-order chi connectivity index (χ0) is 35.5. The molecule has 49 heavy (non-hydrogen) atoms. The molecule has 0 bridgehead atoms. The van der Waals surface area contributed by atoms with E-state index in [0.717, 1.165) is 0 Å². The third kappa shape index (κ3) is 9.56. The highest BCUT2D eigenvalue weighted by atomic mass is 35.5. The first-order valence-electron chi connectivity index (χ1n) is 14.2. The van der Waals surface area contributed by atoms with Crippen molar-refractivity contribution in [3.05, 3.63) is 124 Å². The van der Waals surface area contributed by atoms with E-state index in [4.69, 9.17) is 30.5 Å². The van der Waals surface area contributed by atoms with Crippen LogP contribution in [0.4, 0.5) is 5.69 Å². The van der Waals surface area contributed by atoms with Gasteiger partial charge in [-0.05, 0) is 84.9 Å². The van der Waals surface area contributed by atoms with Crippen LogP contribution in [0.15, 0.2) is 97.1 Å². The topological polar surface area (TPSA) is 196 Å². The first-order valence-corrected chi connectivity index (χ1v) is 14.6. The molecule has 0 fully saturated rings. The highest BCUT2D eigenvalue weighted by Crippen LogP contribution is 2.19. The van der Waals surface area contributed by atoms with Crippen LogP contribution in [-0.2, 0) is 19.1 Å². The molecule has 4 aromatic rings. The van der Waals surface area contributed by atoms with Crippen LogP contribution < -0.4 is 25.6 Å². The van der Waals surface area contributed by atoms with Crippen molar-refractivity contribution >= 4 is 52.9 Å². The van der Waals surface area contributed by atoms with Crippen LogP contribution >= 0.6 is 11.6 Å². The minimum absolute atomic E-state index is 0.0222. The first kappa shape index (κ1) is 35.4. The normalized spacial score (nSPS) is 11.6. The zero-order valence-corrected chi connectivity index (χ0v) is 26.6. The second-order valence-electron chi connectivity index (χ2n) is 9.94. The van der Waals surface area contributed by atoms with E-state index in [1.165, 1.54) is 99.1 Å². The van der Waals surface area contributed by atoms with Crippen LogP contribution in [0.3, 0.4) is 0 Å². The number of halogens is 1. The number of carboxylic acid groups (broad SMARTS) is 1. The summed E-state index contributed by atoms with van der Waals surface area (Å²) in [6.45, 7) is 0. The molecule has 0 heterocycles. The predicted octanol–water partition coefficient (Wildman–Crippen LogP) is 3.91. The summed E-state index contributed by atoms with van der Waals surface area (Å²) in [6, 6.07) is 22.9. The number of ether oxygens (including phenoxy) is 4. The van der Waals surface area contributed by atoms with Gasteiger partial charge in [0, 0.05) is 21.8 Å². The number of hydrogen-bond donors (Lipinski definition) is 4. The van der Waals surface area contributed by atoms with Crippen molar-refractivity contribution in [1.29, 1.82) is 0 Å².